The molecule has 184 valence electrons. The highest BCUT2D eigenvalue weighted by atomic mass is 32.2. The lowest BCUT2D eigenvalue weighted by Crippen LogP contribution is -2.12. The number of rotatable bonds is 6. The van der Waals surface area contributed by atoms with Crippen LogP contribution in [-0.2, 0) is 20.2 Å². The molecule has 0 aromatic heterocycles. The third kappa shape index (κ3) is 5.23. The van der Waals surface area contributed by atoms with Gasteiger partial charge in [0.15, 0.2) is 5.75 Å². The van der Waals surface area contributed by atoms with Gasteiger partial charge in [-0.15, -0.1) is 10.2 Å². The van der Waals surface area contributed by atoms with E-state index in [0.29, 0.717) is 10.8 Å². The van der Waals surface area contributed by atoms with Crippen molar-refractivity contribution >= 4 is 54.0 Å². The average Bonchev–Trinajstić information content (AvgIpc) is 2.82. The second kappa shape index (κ2) is 9.47. The van der Waals surface area contributed by atoms with Crippen LogP contribution in [0.5, 0.6) is 5.75 Å². The molecule has 0 aliphatic rings. The highest BCUT2D eigenvalue weighted by Crippen LogP contribution is 2.40. The molecule has 0 fully saturated rings. The topological polar surface area (TPSA) is 188 Å². The van der Waals surface area contributed by atoms with Crippen LogP contribution in [0.1, 0.15) is 10.4 Å². The number of carbonyl (C=O) groups is 1. The smallest absolute Gasteiger partial charge is 0.259 e. The van der Waals surface area contributed by atoms with Gasteiger partial charge >= 0.3 is 0 Å². The van der Waals surface area contributed by atoms with E-state index in [-0.39, 0.29) is 22.6 Å². The number of amides is 1. The van der Waals surface area contributed by atoms with Gasteiger partial charge in [-0.05, 0) is 47.9 Å². The van der Waals surface area contributed by atoms with Crippen molar-refractivity contribution in [3.63, 3.8) is 0 Å². The van der Waals surface area contributed by atoms with Gasteiger partial charge in [-0.1, -0.05) is 36.4 Å². The minimum absolute atomic E-state index is 0.149. The van der Waals surface area contributed by atoms with E-state index in [4.69, 9.17) is 0 Å². The van der Waals surface area contributed by atoms with Crippen LogP contribution in [0.25, 0.3) is 10.8 Å². The Labute approximate surface area is 205 Å². The quantitative estimate of drug-likeness (QED) is 0.279. The van der Waals surface area contributed by atoms with Crippen molar-refractivity contribution in [1.82, 2.24) is 0 Å². The Morgan fingerprint density at radius 1 is 0.806 bits per heavy atom. The number of anilines is 1. The summed E-state index contributed by atoms with van der Waals surface area (Å²) in [5.74, 6) is -1.36. The Morgan fingerprint density at radius 2 is 1.44 bits per heavy atom. The molecule has 4 aromatic rings. The summed E-state index contributed by atoms with van der Waals surface area (Å²) in [6, 6.07) is 17.6. The number of fused-ring (bicyclic) bond motifs is 1. The molecule has 11 nitrogen and oxygen atoms in total. The van der Waals surface area contributed by atoms with Crippen molar-refractivity contribution in [2.75, 3.05) is 5.32 Å². The maximum absolute atomic E-state index is 12.9. The minimum Gasteiger partial charge on any atom is -0.744 e. The largest absolute Gasteiger partial charge is 0.744 e. The monoisotopic (exact) mass is 525 g/mol. The summed E-state index contributed by atoms with van der Waals surface area (Å²) >= 11 is 0. The fourth-order valence-corrected chi connectivity index (χ4v) is 4.43. The van der Waals surface area contributed by atoms with Crippen molar-refractivity contribution in [3.8, 4) is 5.75 Å². The van der Waals surface area contributed by atoms with Crippen LogP contribution >= 0.6 is 0 Å². The van der Waals surface area contributed by atoms with Crippen molar-refractivity contribution in [2.24, 2.45) is 10.2 Å². The molecule has 4 aromatic carbocycles. The molecule has 0 aliphatic carbocycles. The highest BCUT2D eigenvalue weighted by molar-refractivity contribution is 7.86. The van der Waals surface area contributed by atoms with Gasteiger partial charge in [0.1, 0.15) is 31.6 Å². The summed E-state index contributed by atoms with van der Waals surface area (Å²) < 4.78 is 67.8. The molecular formula is C23H15N3O8S2-2. The lowest BCUT2D eigenvalue weighted by molar-refractivity contribution is 0.102. The number of aromatic hydroxyl groups is 1. The maximum atomic E-state index is 12.9. The van der Waals surface area contributed by atoms with Crippen molar-refractivity contribution in [2.45, 2.75) is 9.79 Å². The van der Waals surface area contributed by atoms with Gasteiger partial charge < -0.3 is 19.5 Å². The van der Waals surface area contributed by atoms with Crippen molar-refractivity contribution in [1.29, 1.82) is 0 Å². The molecule has 0 saturated carbocycles. The van der Waals surface area contributed by atoms with Crippen LogP contribution in [0, 0.1) is 0 Å². The minimum atomic E-state index is -4.85. The summed E-state index contributed by atoms with van der Waals surface area (Å²) in [5, 5.41) is 22.0. The lowest BCUT2D eigenvalue weighted by Gasteiger charge is -2.12. The predicted octanol–water partition coefficient (Wildman–Crippen LogP) is 4.02. The molecule has 0 aliphatic heterocycles. The Kier molecular flexibility index (Phi) is 6.56. The molecule has 1 amide bonds. The number of phenolic OH excluding ortho intramolecular Hbond substituents is 1. The van der Waals surface area contributed by atoms with Crippen LogP contribution in [-0.4, -0.2) is 37.0 Å². The first-order valence-corrected chi connectivity index (χ1v) is 12.9. The number of hydrogen-bond donors (Lipinski definition) is 2. The fraction of sp³-hybridized carbons (Fsp3) is 0. The lowest BCUT2D eigenvalue weighted by atomic mass is 10.0. The van der Waals surface area contributed by atoms with Gasteiger partial charge in [-0.2, -0.15) is 0 Å². The molecule has 0 radical (unpaired) electrons. The average molecular weight is 526 g/mol. The Morgan fingerprint density at radius 3 is 2.11 bits per heavy atom. The van der Waals surface area contributed by atoms with Gasteiger partial charge in [0, 0.05) is 11.1 Å². The SMILES string of the molecule is O=C(Nc1ccc(S(=O)(=O)[O-])cc1)c1cc2ccccc2c(N=Nc2ccccc2S(=O)(=O)[O-])c1O. The zero-order valence-corrected chi connectivity index (χ0v) is 19.7. The normalized spacial score (nSPS) is 12.2. The molecule has 0 saturated heterocycles. The summed E-state index contributed by atoms with van der Waals surface area (Å²) in [6.07, 6.45) is 0. The van der Waals surface area contributed by atoms with Gasteiger partial charge in [0.05, 0.1) is 15.4 Å². The van der Waals surface area contributed by atoms with E-state index < -0.39 is 41.7 Å². The third-order valence-corrected chi connectivity index (χ3v) is 6.77. The number of benzene rings is 4. The molecular weight excluding hydrogens is 510 g/mol. The molecule has 36 heavy (non-hydrogen) atoms. The maximum Gasteiger partial charge on any atom is 0.259 e. The summed E-state index contributed by atoms with van der Waals surface area (Å²) in [7, 11) is -9.51. The van der Waals surface area contributed by atoms with Gasteiger partial charge in [0.25, 0.3) is 5.91 Å². The number of nitrogens with one attached hydrogen (secondary N) is 1. The molecule has 4 rings (SSSR count). The molecule has 13 heteroatoms. The van der Waals surface area contributed by atoms with Crippen LogP contribution in [0.3, 0.4) is 0 Å². The number of phenols is 1. The summed E-state index contributed by atoms with van der Waals surface area (Å²) in [4.78, 5) is 11.9. The predicted molar refractivity (Wildman–Crippen MR) is 127 cm³/mol. The summed E-state index contributed by atoms with van der Waals surface area (Å²) in [6.45, 7) is 0. The third-order valence-electron chi connectivity index (χ3n) is 5.03. The number of carbonyl (C=O) groups excluding carboxylic acids is 1. The number of hydrogen-bond acceptors (Lipinski definition) is 10. The molecule has 0 spiro atoms. The second-order valence-corrected chi connectivity index (χ2v) is 10.1. The number of nitrogens with zero attached hydrogens (tertiary/aromatic N) is 2. The van der Waals surface area contributed by atoms with Gasteiger partial charge in [-0.3, -0.25) is 4.79 Å². The fourth-order valence-electron chi connectivity index (χ4n) is 3.35. The zero-order chi connectivity index (χ0) is 26.1. The number of azo groups is 1. The molecule has 0 heterocycles. The zero-order valence-electron chi connectivity index (χ0n) is 18.0. The van der Waals surface area contributed by atoms with Crippen LogP contribution < -0.4 is 5.32 Å². The molecule has 0 bridgehead atoms. The van der Waals surface area contributed by atoms with E-state index in [0.717, 1.165) is 18.2 Å². The molecule has 0 unspecified atom stereocenters. The van der Waals surface area contributed by atoms with E-state index in [1.807, 2.05) is 0 Å². The Balaban J connectivity index is 1.76. The van der Waals surface area contributed by atoms with E-state index in [9.17, 15) is 35.8 Å². The van der Waals surface area contributed by atoms with E-state index in [2.05, 4.69) is 15.5 Å². The van der Waals surface area contributed by atoms with Gasteiger partial charge in [0.2, 0.25) is 0 Å². The Bertz CT molecular complexity index is 1730. The highest BCUT2D eigenvalue weighted by Gasteiger charge is 2.19. The van der Waals surface area contributed by atoms with Crippen LogP contribution in [0.4, 0.5) is 17.1 Å². The molecule has 0 atom stereocenters. The van der Waals surface area contributed by atoms with Crippen molar-refractivity contribution in [3.05, 3.63) is 84.4 Å². The van der Waals surface area contributed by atoms with Crippen molar-refractivity contribution < 1.29 is 35.8 Å². The first kappa shape index (κ1) is 24.9. The van der Waals surface area contributed by atoms with E-state index >= 15 is 0 Å². The molecule has 2 N–H and O–H groups in total. The first-order valence-electron chi connectivity index (χ1n) is 10.0. The van der Waals surface area contributed by atoms with Gasteiger partial charge in [-0.25, -0.2) is 16.8 Å². The second-order valence-electron chi connectivity index (χ2n) is 7.40. The van der Waals surface area contributed by atoms with E-state index in [1.54, 1.807) is 24.3 Å². The standard InChI is InChI=1S/C23H17N3O8S2/c27-22-18(23(28)24-15-9-11-16(12-10-15)35(29,30)31)13-14-5-1-2-6-17(14)21(22)26-25-19-7-3-4-8-20(19)36(32,33)34/h1-13,27H,(H,24,28)(H,29,30,31)(H,32,33,34)/p-2. The van der Waals surface area contributed by atoms with E-state index in [1.165, 1.54) is 36.4 Å². The summed E-state index contributed by atoms with van der Waals surface area (Å²) in [5.41, 5.74) is -0.464. The van der Waals surface area contributed by atoms with Crippen LogP contribution in [0.15, 0.2) is 98.9 Å². The Hall–Kier alpha value is -4.17. The van der Waals surface area contributed by atoms with Crippen LogP contribution in [0.2, 0.25) is 0 Å². The first-order chi connectivity index (χ1) is 16.9.